The number of nitrogens with zero attached hydrogens (tertiary/aromatic N) is 1. The molecule has 0 aromatic carbocycles. The van der Waals surface area contributed by atoms with Crippen molar-refractivity contribution in [1.29, 1.82) is 0 Å². The lowest BCUT2D eigenvalue weighted by Gasteiger charge is -2.13. The highest BCUT2D eigenvalue weighted by molar-refractivity contribution is 7.89. The van der Waals surface area contributed by atoms with Crippen molar-refractivity contribution >= 4 is 27.2 Å². The number of anilines is 1. The van der Waals surface area contributed by atoms with Crippen LogP contribution in [0.4, 0.5) is 5.82 Å². The minimum absolute atomic E-state index is 0.105. The van der Waals surface area contributed by atoms with Gasteiger partial charge in [0, 0.05) is 12.2 Å². The predicted molar refractivity (Wildman–Crippen MR) is 75.1 cm³/mol. The van der Waals surface area contributed by atoms with Gasteiger partial charge in [-0.05, 0) is 41.4 Å². The molecule has 1 unspecified atom stereocenters. The van der Waals surface area contributed by atoms with E-state index in [0.717, 1.165) is 5.56 Å². The number of nitrogen functional groups attached to an aromatic ring is 1. The molecule has 2 rings (SSSR count). The molecular formula is C11H14N4O2S2. The van der Waals surface area contributed by atoms with Crippen LogP contribution in [-0.4, -0.2) is 13.4 Å². The first kappa shape index (κ1) is 13.9. The van der Waals surface area contributed by atoms with Crippen molar-refractivity contribution in [3.05, 3.63) is 40.7 Å². The first-order chi connectivity index (χ1) is 9.03. The summed E-state index contributed by atoms with van der Waals surface area (Å²) < 4.78 is 26.9. The monoisotopic (exact) mass is 298 g/mol. The number of hydrazine groups is 1. The van der Waals surface area contributed by atoms with Gasteiger partial charge in [-0.15, -0.1) is 0 Å². The molecule has 2 heterocycles. The van der Waals surface area contributed by atoms with Crippen molar-refractivity contribution in [3.63, 3.8) is 0 Å². The fraction of sp³-hybridized carbons (Fsp3) is 0.182. The van der Waals surface area contributed by atoms with Gasteiger partial charge < -0.3 is 5.43 Å². The fourth-order valence-corrected chi connectivity index (χ4v) is 3.45. The standard InChI is InChI=1S/C11H14N4O2S2/c1-8(9-4-5-18-7-9)15-19(16,17)10-2-3-11(14-12)13-6-10/h2-8,15H,12H2,1H3,(H,13,14). The van der Waals surface area contributed by atoms with Gasteiger partial charge in [-0.2, -0.15) is 11.3 Å². The van der Waals surface area contributed by atoms with Crippen LogP contribution in [0.1, 0.15) is 18.5 Å². The zero-order valence-electron chi connectivity index (χ0n) is 10.2. The largest absolute Gasteiger partial charge is 0.308 e. The summed E-state index contributed by atoms with van der Waals surface area (Å²) in [6.45, 7) is 1.79. The van der Waals surface area contributed by atoms with Gasteiger partial charge in [-0.1, -0.05) is 0 Å². The first-order valence-corrected chi connectivity index (χ1v) is 7.92. The molecule has 1 atom stereocenters. The Kier molecular flexibility index (Phi) is 4.15. The second-order valence-corrected chi connectivity index (χ2v) is 6.42. The number of nitrogens with one attached hydrogen (secondary N) is 2. The van der Waals surface area contributed by atoms with Crippen molar-refractivity contribution in [2.24, 2.45) is 5.84 Å². The van der Waals surface area contributed by atoms with E-state index in [-0.39, 0.29) is 10.9 Å². The second-order valence-electron chi connectivity index (χ2n) is 3.92. The van der Waals surface area contributed by atoms with E-state index >= 15 is 0 Å². The minimum atomic E-state index is -3.59. The Morgan fingerprint density at radius 2 is 2.16 bits per heavy atom. The zero-order valence-corrected chi connectivity index (χ0v) is 11.8. The Bertz CT molecular complexity index is 623. The number of hydrogen-bond donors (Lipinski definition) is 3. The van der Waals surface area contributed by atoms with E-state index in [1.54, 1.807) is 6.92 Å². The third kappa shape index (κ3) is 3.29. The molecule has 102 valence electrons. The summed E-state index contributed by atoms with van der Waals surface area (Å²) in [6, 6.07) is 4.55. The summed E-state index contributed by atoms with van der Waals surface area (Å²) in [7, 11) is -3.59. The Morgan fingerprint density at radius 1 is 1.37 bits per heavy atom. The quantitative estimate of drug-likeness (QED) is 0.573. The van der Waals surface area contributed by atoms with Crippen LogP contribution in [0.3, 0.4) is 0 Å². The summed E-state index contributed by atoms with van der Waals surface area (Å²) in [5, 5.41) is 3.82. The van der Waals surface area contributed by atoms with Crippen LogP contribution in [0.2, 0.25) is 0 Å². The van der Waals surface area contributed by atoms with Gasteiger partial charge in [-0.25, -0.2) is 24.0 Å². The molecule has 4 N–H and O–H groups in total. The molecule has 2 aromatic heterocycles. The third-order valence-electron chi connectivity index (χ3n) is 2.57. The maximum atomic E-state index is 12.1. The maximum absolute atomic E-state index is 12.1. The first-order valence-electron chi connectivity index (χ1n) is 5.50. The maximum Gasteiger partial charge on any atom is 0.242 e. The van der Waals surface area contributed by atoms with Gasteiger partial charge >= 0.3 is 0 Å². The molecule has 8 heteroatoms. The SMILES string of the molecule is CC(NS(=O)(=O)c1ccc(NN)nc1)c1ccsc1. The van der Waals surface area contributed by atoms with E-state index < -0.39 is 10.0 Å². The lowest BCUT2D eigenvalue weighted by Crippen LogP contribution is -2.26. The van der Waals surface area contributed by atoms with Crippen LogP contribution in [-0.2, 0) is 10.0 Å². The van der Waals surface area contributed by atoms with Crippen molar-refractivity contribution in [1.82, 2.24) is 9.71 Å². The van der Waals surface area contributed by atoms with Crippen molar-refractivity contribution in [2.45, 2.75) is 17.9 Å². The topological polar surface area (TPSA) is 97.1 Å². The van der Waals surface area contributed by atoms with Crippen LogP contribution in [0.25, 0.3) is 0 Å². The van der Waals surface area contributed by atoms with Crippen LogP contribution in [0.5, 0.6) is 0 Å². The molecule has 2 aromatic rings. The molecule has 0 aliphatic heterocycles. The van der Waals surface area contributed by atoms with Crippen molar-refractivity contribution < 1.29 is 8.42 Å². The van der Waals surface area contributed by atoms with Gasteiger partial charge in [0.2, 0.25) is 10.0 Å². The van der Waals surface area contributed by atoms with Crippen molar-refractivity contribution in [3.8, 4) is 0 Å². The number of hydrogen-bond acceptors (Lipinski definition) is 6. The molecule has 0 bridgehead atoms. The number of nitrogens with two attached hydrogens (primary N) is 1. The molecular weight excluding hydrogens is 284 g/mol. The number of aromatic nitrogens is 1. The average Bonchev–Trinajstić information content (AvgIpc) is 2.92. The van der Waals surface area contributed by atoms with E-state index in [2.05, 4.69) is 15.1 Å². The smallest absolute Gasteiger partial charge is 0.242 e. The normalized spacial score (nSPS) is 13.2. The molecule has 0 saturated heterocycles. The average molecular weight is 298 g/mol. The van der Waals surface area contributed by atoms with E-state index in [9.17, 15) is 8.42 Å². The highest BCUT2D eigenvalue weighted by Crippen LogP contribution is 2.19. The Morgan fingerprint density at radius 3 is 2.68 bits per heavy atom. The van der Waals surface area contributed by atoms with E-state index in [1.165, 1.54) is 29.7 Å². The molecule has 0 fully saturated rings. The molecule has 6 nitrogen and oxygen atoms in total. The number of sulfonamides is 1. The molecule has 0 radical (unpaired) electrons. The lowest BCUT2D eigenvalue weighted by atomic mass is 10.2. The summed E-state index contributed by atoms with van der Waals surface area (Å²) in [4.78, 5) is 3.99. The summed E-state index contributed by atoms with van der Waals surface area (Å²) >= 11 is 1.53. The van der Waals surface area contributed by atoms with Gasteiger partial charge in [-0.3, -0.25) is 0 Å². The van der Waals surface area contributed by atoms with Crippen LogP contribution < -0.4 is 16.0 Å². The van der Waals surface area contributed by atoms with Crippen LogP contribution in [0, 0.1) is 0 Å². The summed E-state index contributed by atoms with van der Waals surface area (Å²) in [6.07, 6.45) is 1.26. The third-order valence-corrected chi connectivity index (χ3v) is 4.80. The van der Waals surface area contributed by atoms with Gasteiger partial charge in [0.15, 0.2) is 0 Å². The molecule has 0 spiro atoms. The summed E-state index contributed by atoms with van der Waals surface area (Å²) in [5.41, 5.74) is 3.28. The number of pyridine rings is 1. The molecule has 0 saturated carbocycles. The Hall–Kier alpha value is -1.48. The van der Waals surface area contributed by atoms with Gasteiger partial charge in [0.25, 0.3) is 0 Å². The highest BCUT2D eigenvalue weighted by Gasteiger charge is 2.18. The molecule has 0 aliphatic rings. The predicted octanol–water partition coefficient (Wildman–Crippen LogP) is 1.47. The molecule has 0 aliphatic carbocycles. The number of thiophene rings is 1. The molecule has 19 heavy (non-hydrogen) atoms. The zero-order chi connectivity index (χ0) is 13.9. The van der Waals surface area contributed by atoms with E-state index in [0.29, 0.717) is 5.82 Å². The second kappa shape index (κ2) is 5.66. The Balaban J connectivity index is 2.17. The van der Waals surface area contributed by atoms with Gasteiger partial charge in [0.1, 0.15) is 10.7 Å². The van der Waals surface area contributed by atoms with E-state index in [4.69, 9.17) is 5.84 Å². The lowest BCUT2D eigenvalue weighted by molar-refractivity contribution is 0.567. The van der Waals surface area contributed by atoms with Crippen LogP contribution in [0.15, 0.2) is 40.1 Å². The number of rotatable bonds is 5. The van der Waals surface area contributed by atoms with Crippen LogP contribution >= 0.6 is 11.3 Å². The highest BCUT2D eigenvalue weighted by atomic mass is 32.2. The molecule has 0 amide bonds. The van der Waals surface area contributed by atoms with Crippen molar-refractivity contribution in [2.75, 3.05) is 5.43 Å². The Labute approximate surface area is 115 Å². The van der Waals surface area contributed by atoms with E-state index in [1.807, 2.05) is 16.8 Å². The summed E-state index contributed by atoms with van der Waals surface area (Å²) in [5.74, 6) is 5.58. The minimum Gasteiger partial charge on any atom is -0.308 e. The van der Waals surface area contributed by atoms with Gasteiger partial charge in [0.05, 0.1) is 0 Å². The fourth-order valence-electron chi connectivity index (χ4n) is 1.51.